The van der Waals surface area contributed by atoms with Gasteiger partial charge in [0.25, 0.3) is 11.8 Å². The summed E-state index contributed by atoms with van der Waals surface area (Å²) in [5.41, 5.74) is 0.685. The fourth-order valence-electron chi connectivity index (χ4n) is 4.66. The molecule has 0 N–H and O–H groups in total. The third kappa shape index (κ3) is 3.39. The maximum Gasteiger partial charge on any atom is 0.263 e. The summed E-state index contributed by atoms with van der Waals surface area (Å²) in [4.78, 5) is 32.7. The van der Waals surface area contributed by atoms with Gasteiger partial charge in [0.2, 0.25) is 0 Å². The van der Waals surface area contributed by atoms with Gasteiger partial charge in [0.05, 0.1) is 4.88 Å². The minimum atomic E-state index is -0.0547. The second kappa shape index (κ2) is 7.09. The molecule has 0 saturated carbocycles. The highest BCUT2D eigenvalue weighted by Gasteiger charge is 2.54. The van der Waals surface area contributed by atoms with Gasteiger partial charge in [0, 0.05) is 49.6 Å². The molecule has 0 bridgehead atoms. The SMILES string of the molecule is CN(C)C[C@@]12CN(C(=O)c3ccccc3)C[C@@H]1CN(C(=O)c1cccs1)C2. The minimum absolute atomic E-state index is 0.0547. The smallest absolute Gasteiger partial charge is 0.263 e. The van der Waals surface area contributed by atoms with Crippen LogP contribution in [-0.4, -0.2) is 73.3 Å². The highest BCUT2D eigenvalue weighted by molar-refractivity contribution is 7.12. The predicted molar refractivity (Wildman–Crippen MR) is 107 cm³/mol. The lowest BCUT2D eigenvalue weighted by Crippen LogP contribution is -2.43. The molecule has 27 heavy (non-hydrogen) atoms. The Morgan fingerprint density at radius 1 is 1.04 bits per heavy atom. The fourth-order valence-corrected chi connectivity index (χ4v) is 5.35. The molecule has 3 heterocycles. The zero-order valence-corrected chi connectivity index (χ0v) is 16.6. The van der Waals surface area contributed by atoms with Crippen molar-refractivity contribution >= 4 is 23.2 Å². The predicted octanol–water partition coefficient (Wildman–Crippen LogP) is 2.52. The summed E-state index contributed by atoms with van der Waals surface area (Å²) in [7, 11) is 4.13. The summed E-state index contributed by atoms with van der Waals surface area (Å²) in [6.45, 7) is 3.74. The second-order valence-corrected chi connectivity index (χ2v) is 8.96. The van der Waals surface area contributed by atoms with Gasteiger partial charge in [-0.2, -0.15) is 0 Å². The largest absolute Gasteiger partial charge is 0.338 e. The third-order valence-corrected chi connectivity index (χ3v) is 6.58. The summed E-state index contributed by atoms with van der Waals surface area (Å²) in [5, 5.41) is 1.94. The van der Waals surface area contributed by atoms with Crippen molar-refractivity contribution in [2.24, 2.45) is 11.3 Å². The number of nitrogens with zero attached hydrogens (tertiary/aromatic N) is 3. The monoisotopic (exact) mass is 383 g/mol. The average Bonchev–Trinajstić information content (AvgIpc) is 3.35. The second-order valence-electron chi connectivity index (χ2n) is 8.01. The van der Waals surface area contributed by atoms with E-state index in [4.69, 9.17) is 0 Å². The Balaban J connectivity index is 1.54. The summed E-state index contributed by atoms with van der Waals surface area (Å²) in [6.07, 6.45) is 0. The summed E-state index contributed by atoms with van der Waals surface area (Å²) in [6, 6.07) is 13.3. The summed E-state index contributed by atoms with van der Waals surface area (Å²) >= 11 is 1.50. The Labute approximate surface area is 164 Å². The van der Waals surface area contributed by atoms with Gasteiger partial charge in [-0.25, -0.2) is 0 Å². The van der Waals surface area contributed by atoms with Gasteiger partial charge in [0.15, 0.2) is 0 Å². The molecule has 2 aromatic rings. The average molecular weight is 384 g/mol. The van der Waals surface area contributed by atoms with Crippen molar-refractivity contribution in [1.29, 1.82) is 0 Å². The highest BCUT2D eigenvalue weighted by atomic mass is 32.1. The quantitative estimate of drug-likeness (QED) is 0.815. The van der Waals surface area contributed by atoms with Crippen molar-refractivity contribution in [3.63, 3.8) is 0 Å². The fraction of sp³-hybridized carbons (Fsp3) is 0.429. The molecule has 0 unspecified atom stereocenters. The first-order valence-corrected chi connectivity index (χ1v) is 10.2. The van der Waals surface area contributed by atoms with E-state index in [1.165, 1.54) is 11.3 Å². The van der Waals surface area contributed by atoms with Crippen LogP contribution in [0.3, 0.4) is 0 Å². The maximum absolute atomic E-state index is 12.9. The number of benzene rings is 1. The Morgan fingerprint density at radius 3 is 2.30 bits per heavy atom. The molecule has 0 aliphatic carbocycles. The molecule has 6 heteroatoms. The normalized spacial score (nSPS) is 24.5. The van der Waals surface area contributed by atoms with Gasteiger partial charge in [-0.05, 0) is 37.7 Å². The van der Waals surface area contributed by atoms with Crippen LogP contribution < -0.4 is 0 Å². The molecule has 2 atom stereocenters. The van der Waals surface area contributed by atoms with Crippen LogP contribution in [0.15, 0.2) is 47.8 Å². The lowest BCUT2D eigenvalue weighted by molar-refractivity contribution is 0.0704. The van der Waals surface area contributed by atoms with E-state index in [0.29, 0.717) is 19.0 Å². The number of rotatable bonds is 4. The standard InChI is InChI=1S/C21H25N3O2S/c1-22(2)13-21-14-23(19(25)16-7-4-3-5-8-16)11-17(21)12-24(15-21)20(26)18-9-6-10-27-18/h3-10,17H,11-15H2,1-2H3/t17-,21+/m1/s1. The molecule has 2 saturated heterocycles. The number of hydrogen-bond donors (Lipinski definition) is 0. The van der Waals surface area contributed by atoms with Crippen molar-refractivity contribution in [1.82, 2.24) is 14.7 Å². The lowest BCUT2D eigenvalue weighted by Gasteiger charge is -2.32. The lowest BCUT2D eigenvalue weighted by atomic mass is 9.80. The summed E-state index contributed by atoms with van der Waals surface area (Å²) in [5.74, 6) is 0.536. The molecule has 0 radical (unpaired) electrons. The number of fused-ring (bicyclic) bond motifs is 1. The van der Waals surface area contributed by atoms with E-state index in [2.05, 4.69) is 19.0 Å². The van der Waals surface area contributed by atoms with Crippen LogP contribution in [-0.2, 0) is 0 Å². The topological polar surface area (TPSA) is 43.9 Å². The highest BCUT2D eigenvalue weighted by Crippen LogP contribution is 2.44. The van der Waals surface area contributed by atoms with Crippen molar-refractivity contribution < 1.29 is 9.59 Å². The van der Waals surface area contributed by atoms with Crippen molar-refractivity contribution in [2.75, 3.05) is 46.8 Å². The molecule has 0 spiro atoms. The zero-order valence-electron chi connectivity index (χ0n) is 15.8. The zero-order chi connectivity index (χ0) is 19.0. The Morgan fingerprint density at radius 2 is 1.70 bits per heavy atom. The molecule has 142 valence electrons. The van der Waals surface area contributed by atoms with E-state index in [0.717, 1.165) is 30.1 Å². The number of thiophene rings is 1. The van der Waals surface area contributed by atoms with Crippen LogP contribution in [0.1, 0.15) is 20.0 Å². The van der Waals surface area contributed by atoms with Gasteiger partial charge in [-0.3, -0.25) is 9.59 Å². The number of carbonyl (C=O) groups is 2. The minimum Gasteiger partial charge on any atom is -0.338 e. The number of amides is 2. The molecule has 2 aliphatic heterocycles. The van der Waals surface area contributed by atoms with E-state index < -0.39 is 0 Å². The van der Waals surface area contributed by atoms with Crippen molar-refractivity contribution in [3.05, 3.63) is 58.3 Å². The van der Waals surface area contributed by atoms with Gasteiger partial charge >= 0.3 is 0 Å². The molecular formula is C21H25N3O2S. The first kappa shape index (κ1) is 18.2. The van der Waals surface area contributed by atoms with Gasteiger partial charge in [0.1, 0.15) is 0 Å². The Hall–Kier alpha value is -2.18. The molecule has 4 rings (SSSR count). The number of carbonyl (C=O) groups excluding carboxylic acids is 2. The first-order chi connectivity index (χ1) is 13.0. The molecule has 2 aliphatic rings. The van der Waals surface area contributed by atoms with E-state index in [9.17, 15) is 9.59 Å². The number of likely N-dealkylation sites (tertiary alicyclic amines) is 2. The van der Waals surface area contributed by atoms with Crippen molar-refractivity contribution in [2.45, 2.75) is 0 Å². The molecule has 2 amide bonds. The van der Waals surface area contributed by atoms with Crippen LogP contribution in [0.4, 0.5) is 0 Å². The number of hydrogen-bond acceptors (Lipinski definition) is 4. The van der Waals surface area contributed by atoms with E-state index >= 15 is 0 Å². The Bertz CT molecular complexity index is 821. The molecule has 5 nitrogen and oxygen atoms in total. The summed E-state index contributed by atoms with van der Waals surface area (Å²) < 4.78 is 0. The van der Waals surface area contributed by atoms with Crippen LogP contribution >= 0.6 is 11.3 Å². The first-order valence-electron chi connectivity index (χ1n) is 9.30. The van der Waals surface area contributed by atoms with Gasteiger partial charge in [-0.15, -0.1) is 11.3 Å². The van der Waals surface area contributed by atoms with Crippen LogP contribution in [0, 0.1) is 11.3 Å². The molecule has 2 fully saturated rings. The van der Waals surface area contributed by atoms with E-state index in [-0.39, 0.29) is 17.2 Å². The van der Waals surface area contributed by atoms with Crippen LogP contribution in [0.25, 0.3) is 0 Å². The van der Waals surface area contributed by atoms with Crippen molar-refractivity contribution in [3.8, 4) is 0 Å². The maximum atomic E-state index is 12.9. The van der Waals surface area contributed by atoms with Crippen LogP contribution in [0.2, 0.25) is 0 Å². The van der Waals surface area contributed by atoms with Gasteiger partial charge in [-0.1, -0.05) is 24.3 Å². The molecule has 1 aromatic heterocycles. The Kier molecular flexibility index (Phi) is 4.78. The van der Waals surface area contributed by atoms with E-state index in [1.807, 2.05) is 57.6 Å². The van der Waals surface area contributed by atoms with E-state index in [1.54, 1.807) is 0 Å². The molecular weight excluding hydrogens is 358 g/mol. The third-order valence-electron chi connectivity index (χ3n) is 5.72. The van der Waals surface area contributed by atoms with Gasteiger partial charge < -0.3 is 14.7 Å². The van der Waals surface area contributed by atoms with Crippen LogP contribution in [0.5, 0.6) is 0 Å². The molecule has 1 aromatic carbocycles.